The molecule has 166 valence electrons. The Morgan fingerprint density at radius 2 is 2.06 bits per heavy atom. The number of hydrogen-bond donors (Lipinski definition) is 3. The summed E-state index contributed by atoms with van der Waals surface area (Å²) in [7, 11) is 0. The number of rotatable bonds is 5. The number of hydrogen-bond acceptors (Lipinski definition) is 9. The largest absolute Gasteiger partial charge is 0.421 e. The summed E-state index contributed by atoms with van der Waals surface area (Å²) < 4.78 is 7.09. The summed E-state index contributed by atoms with van der Waals surface area (Å²) in [6.07, 6.45) is 2.91. The fourth-order valence-electron chi connectivity index (χ4n) is 3.66. The Balaban J connectivity index is 1.67. The topological polar surface area (TPSA) is 153 Å². The van der Waals surface area contributed by atoms with Crippen LogP contribution in [0.5, 0.6) is 0 Å². The molecule has 1 unspecified atom stereocenters. The van der Waals surface area contributed by atoms with Gasteiger partial charge >= 0.3 is 0 Å². The highest BCUT2D eigenvalue weighted by Gasteiger charge is 2.22. The van der Waals surface area contributed by atoms with Crippen LogP contribution in [-0.4, -0.2) is 34.9 Å². The van der Waals surface area contributed by atoms with Crippen molar-refractivity contribution in [2.24, 2.45) is 0 Å². The number of benzene rings is 1. The summed E-state index contributed by atoms with van der Waals surface area (Å²) in [6, 6.07) is 8.36. The van der Waals surface area contributed by atoms with Gasteiger partial charge in [-0.2, -0.15) is 5.10 Å². The number of anilines is 2. The maximum atomic E-state index is 13.5. The molecule has 0 amide bonds. The average molecular weight is 464 g/mol. The van der Waals surface area contributed by atoms with E-state index < -0.39 is 6.04 Å². The number of nitrogen functional groups attached to an aromatic ring is 1. The van der Waals surface area contributed by atoms with E-state index in [0.29, 0.717) is 44.6 Å². The molecule has 0 bridgehead atoms. The Labute approximate surface area is 191 Å². The van der Waals surface area contributed by atoms with Gasteiger partial charge in [-0.3, -0.25) is 14.5 Å². The molecule has 0 saturated carbocycles. The number of fused-ring (bicyclic) bond motifs is 1. The predicted octanol–water partition coefficient (Wildman–Crippen LogP) is 3.27. The zero-order valence-electron chi connectivity index (χ0n) is 17.6. The Kier molecular flexibility index (Phi) is 5.02. The fourth-order valence-corrected chi connectivity index (χ4v) is 3.89. The van der Waals surface area contributed by atoms with Crippen molar-refractivity contribution in [1.29, 1.82) is 0 Å². The molecule has 5 rings (SSSR count). The molecule has 0 fully saturated rings. The normalized spacial score (nSPS) is 12.2. The van der Waals surface area contributed by atoms with E-state index in [1.807, 2.05) is 13.0 Å². The number of pyridine rings is 1. The van der Waals surface area contributed by atoms with Crippen LogP contribution >= 0.6 is 11.6 Å². The van der Waals surface area contributed by atoms with Gasteiger partial charge in [0.15, 0.2) is 0 Å². The Hall–Kier alpha value is -4.25. The van der Waals surface area contributed by atoms with Crippen LogP contribution in [0.4, 0.5) is 11.6 Å². The number of aromatic nitrogens is 7. The highest BCUT2D eigenvalue weighted by atomic mass is 35.5. The van der Waals surface area contributed by atoms with Gasteiger partial charge in [0.25, 0.3) is 11.4 Å². The van der Waals surface area contributed by atoms with Crippen molar-refractivity contribution in [3.8, 4) is 17.3 Å². The summed E-state index contributed by atoms with van der Waals surface area (Å²) in [5, 5.41) is 19.6. The van der Waals surface area contributed by atoms with E-state index in [0.717, 1.165) is 0 Å². The molecule has 0 aliphatic rings. The monoisotopic (exact) mass is 463 g/mol. The first-order valence-electron chi connectivity index (χ1n) is 9.95. The molecule has 1 atom stereocenters. The third-order valence-electron chi connectivity index (χ3n) is 5.18. The standard InChI is InChI=1S/C21H18ClN9O2/c1-10(27-19-17(18(23)24-9-25-19)20-30-28-11(2)33-20)15-8-13-12(4-3-5-14(13)22)21(32)31(15)16-6-7-26-29-16/h3-10H,1-2H3,(H,26,29)(H3,23,24,25,27). The van der Waals surface area contributed by atoms with Crippen molar-refractivity contribution in [3.63, 3.8) is 0 Å². The van der Waals surface area contributed by atoms with Gasteiger partial charge in [-0.25, -0.2) is 9.97 Å². The molecule has 33 heavy (non-hydrogen) atoms. The second-order valence-corrected chi connectivity index (χ2v) is 7.73. The van der Waals surface area contributed by atoms with E-state index in [1.54, 1.807) is 42.0 Å². The summed E-state index contributed by atoms with van der Waals surface area (Å²) in [6.45, 7) is 3.56. The van der Waals surface area contributed by atoms with E-state index in [-0.39, 0.29) is 17.3 Å². The maximum Gasteiger partial charge on any atom is 0.264 e. The van der Waals surface area contributed by atoms with Gasteiger partial charge in [0.1, 0.15) is 29.3 Å². The average Bonchev–Trinajstić information content (AvgIpc) is 3.46. The summed E-state index contributed by atoms with van der Waals surface area (Å²) in [5.74, 6) is 1.63. The molecule has 0 radical (unpaired) electrons. The molecule has 4 aromatic heterocycles. The lowest BCUT2D eigenvalue weighted by Crippen LogP contribution is -2.26. The number of aryl methyl sites for hydroxylation is 1. The van der Waals surface area contributed by atoms with Gasteiger partial charge in [-0.05, 0) is 25.1 Å². The maximum absolute atomic E-state index is 13.5. The third kappa shape index (κ3) is 3.57. The zero-order valence-corrected chi connectivity index (χ0v) is 18.3. The number of H-pyrrole nitrogens is 1. The molecule has 4 heterocycles. The molecule has 4 N–H and O–H groups in total. The van der Waals surface area contributed by atoms with Crippen molar-refractivity contribution in [1.82, 2.24) is 34.9 Å². The van der Waals surface area contributed by atoms with Crippen LogP contribution in [0, 0.1) is 6.92 Å². The van der Waals surface area contributed by atoms with Crippen LogP contribution in [0.2, 0.25) is 5.02 Å². The highest BCUT2D eigenvalue weighted by Crippen LogP contribution is 2.33. The minimum absolute atomic E-state index is 0.177. The molecule has 5 aromatic rings. The van der Waals surface area contributed by atoms with E-state index >= 15 is 0 Å². The minimum atomic E-state index is -0.432. The molecule has 11 nitrogen and oxygen atoms in total. The third-order valence-corrected chi connectivity index (χ3v) is 5.51. The Bertz CT molecular complexity index is 1530. The van der Waals surface area contributed by atoms with E-state index in [9.17, 15) is 4.79 Å². The number of halogens is 1. The summed E-state index contributed by atoms with van der Waals surface area (Å²) in [5.41, 5.74) is 6.85. The number of nitrogens with one attached hydrogen (secondary N) is 2. The molecular weight excluding hydrogens is 446 g/mol. The van der Waals surface area contributed by atoms with E-state index in [1.165, 1.54) is 6.33 Å². The first kappa shape index (κ1) is 20.6. The highest BCUT2D eigenvalue weighted by molar-refractivity contribution is 6.35. The summed E-state index contributed by atoms with van der Waals surface area (Å²) in [4.78, 5) is 21.8. The lowest BCUT2D eigenvalue weighted by Gasteiger charge is -2.21. The van der Waals surface area contributed by atoms with Gasteiger partial charge in [-0.1, -0.05) is 17.7 Å². The van der Waals surface area contributed by atoms with Crippen molar-refractivity contribution >= 4 is 34.0 Å². The molecule has 12 heteroatoms. The van der Waals surface area contributed by atoms with Crippen LogP contribution in [0.25, 0.3) is 28.0 Å². The van der Waals surface area contributed by atoms with Crippen molar-refractivity contribution in [2.45, 2.75) is 19.9 Å². The first-order valence-corrected chi connectivity index (χ1v) is 10.3. The van der Waals surface area contributed by atoms with Crippen LogP contribution in [0.15, 0.2) is 52.1 Å². The molecule has 0 aliphatic heterocycles. The lowest BCUT2D eigenvalue weighted by molar-refractivity contribution is 0.532. The minimum Gasteiger partial charge on any atom is -0.421 e. The van der Waals surface area contributed by atoms with Crippen LogP contribution < -0.4 is 16.6 Å². The van der Waals surface area contributed by atoms with Crippen LogP contribution in [0.1, 0.15) is 24.6 Å². The van der Waals surface area contributed by atoms with Crippen LogP contribution in [-0.2, 0) is 0 Å². The number of aromatic amines is 1. The van der Waals surface area contributed by atoms with Gasteiger partial charge in [0.2, 0.25) is 5.89 Å². The van der Waals surface area contributed by atoms with E-state index in [2.05, 4.69) is 35.7 Å². The Morgan fingerprint density at radius 1 is 1.21 bits per heavy atom. The fraction of sp³-hybridized carbons (Fsp3) is 0.143. The van der Waals surface area contributed by atoms with E-state index in [4.69, 9.17) is 21.8 Å². The molecule has 1 aromatic carbocycles. The second kappa shape index (κ2) is 8.02. The number of nitrogens with two attached hydrogens (primary N) is 1. The van der Waals surface area contributed by atoms with Gasteiger partial charge in [-0.15, -0.1) is 10.2 Å². The zero-order chi connectivity index (χ0) is 23.1. The second-order valence-electron chi connectivity index (χ2n) is 7.33. The number of nitrogens with zero attached hydrogens (tertiary/aromatic N) is 6. The SMILES string of the molecule is Cc1nnc(-c2c(N)ncnc2NC(C)c2cc3c(Cl)cccc3c(=O)n2-c2ccn[nH]2)o1. The van der Waals surface area contributed by atoms with Gasteiger partial charge < -0.3 is 15.5 Å². The predicted molar refractivity (Wildman–Crippen MR) is 123 cm³/mol. The van der Waals surface area contributed by atoms with Crippen molar-refractivity contribution in [2.75, 3.05) is 11.1 Å². The smallest absolute Gasteiger partial charge is 0.264 e. The molecule has 0 spiro atoms. The molecule has 0 aliphatic carbocycles. The lowest BCUT2D eigenvalue weighted by atomic mass is 10.1. The Morgan fingerprint density at radius 3 is 2.79 bits per heavy atom. The van der Waals surface area contributed by atoms with Gasteiger partial charge in [0.05, 0.1) is 17.9 Å². The molecule has 0 saturated heterocycles. The van der Waals surface area contributed by atoms with Crippen LogP contribution in [0.3, 0.4) is 0 Å². The summed E-state index contributed by atoms with van der Waals surface area (Å²) >= 11 is 6.42. The quantitative estimate of drug-likeness (QED) is 0.356. The molecular formula is C21H18ClN9O2. The van der Waals surface area contributed by atoms with Gasteiger partial charge in [0, 0.05) is 28.8 Å². The van der Waals surface area contributed by atoms with Crippen molar-refractivity contribution < 1.29 is 4.42 Å². The first-order chi connectivity index (χ1) is 15.9. The van der Waals surface area contributed by atoms with Crippen molar-refractivity contribution in [3.05, 3.63) is 69.8 Å².